The quantitative estimate of drug-likeness (QED) is 0.767. The molecule has 0 aliphatic carbocycles. The standard InChI is InChI=1S/C21H18O3/c1-23-15-12-10-14(11-13-15)21-17-7-3-2-6-16(17)20(22)18-8-4-5-9-19(18)24-21/h2-13,20-22H,1H3. The molecule has 3 heteroatoms. The Labute approximate surface area is 141 Å². The van der Waals surface area contributed by atoms with Crippen molar-refractivity contribution >= 4 is 0 Å². The van der Waals surface area contributed by atoms with E-state index in [0.717, 1.165) is 28.0 Å². The van der Waals surface area contributed by atoms with Gasteiger partial charge >= 0.3 is 0 Å². The summed E-state index contributed by atoms with van der Waals surface area (Å²) in [6, 6.07) is 23.4. The third-order valence-corrected chi connectivity index (χ3v) is 4.45. The van der Waals surface area contributed by atoms with Crippen LogP contribution in [0.4, 0.5) is 0 Å². The number of methoxy groups -OCH3 is 1. The van der Waals surface area contributed by atoms with E-state index >= 15 is 0 Å². The average Bonchev–Trinajstić information content (AvgIpc) is 2.78. The molecule has 1 heterocycles. The minimum atomic E-state index is -0.694. The van der Waals surface area contributed by atoms with Gasteiger partial charge in [-0.1, -0.05) is 54.6 Å². The number of rotatable bonds is 2. The molecule has 2 unspecified atom stereocenters. The molecule has 0 bridgehead atoms. The van der Waals surface area contributed by atoms with Gasteiger partial charge in [0.25, 0.3) is 0 Å². The van der Waals surface area contributed by atoms with Crippen molar-refractivity contribution in [3.05, 3.63) is 95.1 Å². The summed E-state index contributed by atoms with van der Waals surface area (Å²) in [4.78, 5) is 0. The molecule has 0 amide bonds. The van der Waals surface area contributed by atoms with Crippen molar-refractivity contribution in [3.8, 4) is 11.5 Å². The van der Waals surface area contributed by atoms with Gasteiger partial charge in [-0.2, -0.15) is 0 Å². The van der Waals surface area contributed by atoms with E-state index in [0.29, 0.717) is 5.75 Å². The highest BCUT2D eigenvalue weighted by Crippen LogP contribution is 2.42. The van der Waals surface area contributed by atoms with Crippen molar-refractivity contribution in [2.45, 2.75) is 12.2 Å². The Morgan fingerprint density at radius 2 is 1.42 bits per heavy atom. The molecule has 1 aliphatic rings. The number of hydrogen-bond acceptors (Lipinski definition) is 3. The Balaban J connectivity index is 1.88. The van der Waals surface area contributed by atoms with Crippen LogP contribution in [-0.2, 0) is 0 Å². The van der Waals surface area contributed by atoms with Gasteiger partial charge in [0.2, 0.25) is 0 Å². The minimum absolute atomic E-state index is 0.273. The lowest BCUT2D eigenvalue weighted by Crippen LogP contribution is -2.10. The van der Waals surface area contributed by atoms with E-state index in [-0.39, 0.29) is 6.10 Å². The number of benzene rings is 3. The Morgan fingerprint density at radius 1 is 0.792 bits per heavy atom. The van der Waals surface area contributed by atoms with Crippen LogP contribution in [0.15, 0.2) is 72.8 Å². The number of fused-ring (bicyclic) bond motifs is 2. The molecule has 2 atom stereocenters. The monoisotopic (exact) mass is 318 g/mol. The third-order valence-electron chi connectivity index (χ3n) is 4.45. The number of hydrogen-bond donors (Lipinski definition) is 1. The first-order valence-corrected chi connectivity index (χ1v) is 7.94. The Kier molecular flexibility index (Phi) is 3.71. The van der Waals surface area contributed by atoms with Crippen LogP contribution in [-0.4, -0.2) is 12.2 Å². The second kappa shape index (κ2) is 6.02. The summed E-state index contributed by atoms with van der Waals surface area (Å²) in [5.74, 6) is 1.52. The van der Waals surface area contributed by atoms with Gasteiger partial charge in [0, 0.05) is 11.1 Å². The maximum atomic E-state index is 10.8. The van der Waals surface area contributed by atoms with E-state index in [2.05, 4.69) is 0 Å². The predicted molar refractivity (Wildman–Crippen MR) is 92.4 cm³/mol. The summed E-state index contributed by atoms with van der Waals surface area (Å²) < 4.78 is 11.6. The zero-order chi connectivity index (χ0) is 16.5. The molecule has 1 N–H and O–H groups in total. The van der Waals surface area contributed by atoms with Crippen LogP contribution >= 0.6 is 0 Å². The van der Waals surface area contributed by atoms with E-state index in [9.17, 15) is 5.11 Å². The van der Waals surface area contributed by atoms with Gasteiger partial charge in [0.05, 0.1) is 7.11 Å². The smallest absolute Gasteiger partial charge is 0.149 e. The van der Waals surface area contributed by atoms with Crippen LogP contribution in [0, 0.1) is 0 Å². The Bertz CT molecular complexity index is 855. The summed E-state index contributed by atoms with van der Waals surface area (Å²) >= 11 is 0. The topological polar surface area (TPSA) is 38.7 Å². The van der Waals surface area contributed by atoms with Gasteiger partial charge in [-0.25, -0.2) is 0 Å². The number of aliphatic hydroxyl groups is 1. The Hall–Kier alpha value is -2.78. The van der Waals surface area contributed by atoms with Gasteiger partial charge in [-0.15, -0.1) is 0 Å². The SMILES string of the molecule is COc1ccc(C2Oc3ccccc3C(O)c3ccccc32)cc1. The average molecular weight is 318 g/mol. The number of ether oxygens (including phenoxy) is 2. The fourth-order valence-electron chi connectivity index (χ4n) is 3.20. The summed E-state index contributed by atoms with van der Waals surface area (Å²) in [7, 11) is 1.65. The maximum Gasteiger partial charge on any atom is 0.149 e. The van der Waals surface area contributed by atoms with E-state index in [1.54, 1.807) is 7.11 Å². The number of para-hydroxylation sites is 1. The lowest BCUT2D eigenvalue weighted by molar-refractivity contribution is 0.217. The normalized spacial score (nSPS) is 18.8. The van der Waals surface area contributed by atoms with Crippen LogP contribution in [0.3, 0.4) is 0 Å². The molecule has 1 aliphatic heterocycles. The second-order valence-corrected chi connectivity index (χ2v) is 5.84. The van der Waals surface area contributed by atoms with Gasteiger partial charge in [-0.05, 0) is 29.3 Å². The zero-order valence-electron chi connectivity index (χ0n) is 13.3. The van der Waals surface area contributed by atoms with E-state index < -0.39 is 6.10 Å². The molecule has 24 heavy (non-hydrogen) atoms. The molecule has 0 saturated heterocycles. The molecule has 4 rings (SSSR count). The van der Waals surface area contributed by atoms with Crippen LogP contribution in [0.1, 0.15) is 34.5 Å². The summed E-state index contributed by atoms with van der Waals surface area (Å²) in [6.45, 7) is 0. The van der Waals surface area contributed by atoms with Crippen LogP contribution in [0.25, 0.3) is 0 Å². The minimum Gasteiger partial charge on any atom is -0.497 e. The zero-order valence-corrected chi connectivity index (χ0v) is 13.3. The highest BCUT2D eigenvalue weighted by atomic mass is 16.5. The predicted octanol–water partition coefficient (Wildman–Crippen LogP) is 4.26. The summed E-state index contributed by atoms with van der Waals surface area (Å²) in [5, 5.41) is 10.8. The lowest BCUT2D eigenvalue weighted by Gasteiger charge is -2.20. The Morgan fingerprint density at radius 3 is 2.12 bits per heavy atom. The van der Waals surface area contributed by atoms with Crippen molar-refractivity contribution < 1.29 is 14.6 Å². The molecular weight excluding hydrogens is 300 g/mol. The highest BCUT2D eigenvalue weighted by Gasteiger charge is 2.29. The second-order valence-electron chi connectivity index (χ2n) is 5.84. The van der Waals surface area contributed by atoms with Gasteiger partial charge in [0.15, 0.2) is 0 Å². The first kappa shape index (κ1) is 14.8. The molecule has 0 spiro atoms. The van der Waals surface area contributed by atoms with Crippen LogP contribution in [0.2, 0.25) is 0 Å². The summed E-state index contributed by atoms with van der Waals surface area (Å²) in [6.07, 6.45) is -0.967. The molecule has 0 fully saturated rings. The summed E-state index contributed by atoms with van der Waals surface area (Å²) in [5.41, 5.74) is 3.67. The van der Waals surface area contributed by atoms with E-state index in [4.69, 9.17) is 9.47 Å². The molecule has 3 aromatic rings. The maximum absolute atomic E-state index is 10.8. The first-order chi connectivity index (χ1) is 11.8. The highest BCUT2D eigenvalue weighted by molar-refractivity contribution is 5.49. The van der Waals surface area contributed by atoms with Gasteiger partial charge in [0.1, 0.15) is 23.7 Å². The van der Waals surface area contributed by atoms with Crippen LogP contribution < -0.4 is 9.47 Å². The van der Waals surface area contributed by atoms with Crippen molar-refractivity contribution in [1.82, 2.24) is 0 Å². The first-order valence-electron chi connectivity index (χ1n) is 7.94. The van der Waals surface area contributed by atoms with E-state index in [1.165, 1.54) is 0 Å². The van der Waals surface area contributed by atoms with Crippen molar-refractivity contribution in [2.75, 3.05) is 7.11 Å². The molecule has 0 radical (unpaired) electrons. The van der Waals surface area contributed by atoms with Crippen molar-refractivity contribution in [2.24, 2.45) is 0 Å². The molecular formula is C21H18O3. The molecule has 3 nitrogen and oxygen atoms in total. The van der Waals surface area contributed by atoms with E-state index in [1.807, 2.05) is 72.8 Å². The van der Waals surface area contributed by atoms with Crippen molar-refractivity contribution in [1.29, 1.82) is 0 Å². The lowest BCUT2D eigenvalue weighted by atomic mass is 9.92. The van der Waals surface area contributed by atoms with Gasteiger partial charge < -0.3 is 14.6 Å². The van der Waals surface area contributed by atoms with Crippen molar-refractivity contribution in [3.63, 3.8) is 0 Å². The molecule has 120 valence electrons. The molecule has 3 aromatic carbocycles. The van der Waals surface area contributed by atoms with Gasteiger partial charge in [-0.3, -0.25) is 0 Å². The molecule has 0 saturated carbocycles. The largest absolute Gasteiger partial charge is 0.497 e. The molecule has 0 aromatic heterocycles. The van der Waals surface area contributed by atoms with Crippen LogP contribution in [0.5, 0.6) is 11.5 Å². The fraction of sp³-hybridized carbons (Fsp3) is 0.143. The number of aliphatic hydroxyl groups excluding tert-OH is 1. The fourth-order valence-corrected chi connectivity index (χ4v) is 3.20. The third kappa shape index (κ3) is 2.43.